The number of rotatable bonds is 6. The summed E-state index contributed by atoms with van der Waals surface area (Å²) in [6.07, 6.45) is 1.11. The van der Waals surface area contributed by atoms with E-state index in [0.717, 1.165) is 32.7 Å². The molecular formula is C12H26N2O. The fourth-order valence-corrected chi connectivity index (χ4v) is 2.35. The molecule has 1 heterocycles. The zero-order chi connectivity index (χ0) is 11.3. The second-order valence-electron chi connectivity index (χ2n) is 5.22. The van der Waals surface area contributed by atoms with E-state index in [1.165, 1.54) is 13.1 Å². The zero-order valence-electron chi connectivity index (χ0n) is 10.5. The zero-order valence-corrected chi connectivity index (χ0v) is 10.5. The van der Waals surface area contributed by atoms with Gasteiger partial charge in [0.05, 0.1) is 6.61 Å². The molecular weight excluding hydrogens is 188 g/mol. The Morgan fingerprint density at radius 2 is 2.20 bits per heavy atom. The summed E-state index contributed by atoms with van der Waals surface area (Å²) in [5, 5.41) is 0. The summed E-state index contributed by atoms with van der Waals surface area (Å²) in [5.41, 5.74) is 5.93. The van der Waals surface area contributed by atoms with Gasteiger partial charge in [0.1, 0.15) is 0 Å². The van der Waals surface area contributed by atoms with E-state index in [0.29, 0.717) is 11.3 Å². The van der Waals surface area contributed by atoms with Crippen molar-refractivity contribution in [3.8, 4) is 0 Å². The highest BCUT2D eigenvalue weighted by molar-refractivity contribution is 4.90. The summed E-state index contributed by atoms with van der Waals surface area (Å²) in [6, 6.07) is 0. The quantitative estimate of drug-likeness (QED) is 0.725. The van der Waals surface area contributed by atoms with Crippen LogP contribution in [0.15, 0.2) is 0 Å². The molecule has 0 amide bonds. The minimum Gasteiger partial charge on any atom is -0.381 e. The lowest BCUT2D eigenvalue weighted by atomic mass is 9.83. The van der Waals surface area contributed by atoms with E-state index < -0.39 is 0 Å². The molecule has 0 radical (unpaired) electrons. The molecule has 2 N–H and O–H groups in total. The molecule has 0 aliphatic carbocycles. The van der Waals surface area contributed by atoms with Crippen LogP contribution in [0.1, 0.15) is 27.2 Å². The molecule has 1 rings (SSSR count). The number of nitrogens with two attached hydrogens (primary N) is 1. The van der Waals surface area contributed by atoms with Crippen molar-refractivity contribution in [3.05, 3.63) is 0 Å². The maximum absolute atomic E-state index is 5.55. The highest BCUT2D eigenvalue weighted by Gasteiger charge is 2.38. The summed E-state index contributed by atoms with van der Waals surface area (Å²) in [6.45, 7) is 12.8. The predicted molar refractivity (Wildman–Crippen MR) is 63.9 cm³/mol. The minimum atomic E-state index is 0.393. The monoisotopic (exact) mass is 214 g/mol. The first-order valence-corrected chi connectivity index (χ1v) is 6.10. The molecule has 15 heavy (non-hydrogen) atoms. The van der Waals surface area contributed by atoms with Gasteiger partial charge in [0.25, 0.3) is 0 Å². The van der Waals surface area contributed by atoms with Crippen LogP contribution in [0, 0.1) is 11.3 Å². The fraction of sp³-hybridized carbons (Fsp3) is 1.00. The minimum absolute atomic E-state index is 0.393. The predicted octanol–water partition coefficient (Wildman–Crippen LogP) is 1.33. The van der Waals surface area contributed by atoms with E-state index in [-0.39, 0.29) is 0 Å². The third kappa shape index (κ3) is 3.74. The van der Waals surface area contributed by atoms with Gasteiger partial charge in [0, 0.05) is 25.6 Å². The van der Waals surface area contributed by atoms with Gasteiger partial charge in [0.2, 0.25) is 0 Å². The SMILES string of the molecule is CCOC[C@@H]1CN(CCCN)CC1(C)C. The molecule has 1 atom stereocenters. The summed E-state index contributed by atoms with van der Waals surface area (Å²) in [4.78, 5) is 2.52. The van der Waals surface area contributed by atoms with E-state index >= 15 is 0 Å². The number of hydrogen-bond donors (Lipinski definition) is 1. The van der Waals surface area contributed by atoms with Gasteiger partial charge in [-0.15, -0.1) is 0 Å². The molecule has 3 nitrogen and oxygen atoms in total. The summed E-state index contributed by atoms with van der Waals surface area (Å²) in [5.74, 6) is 0.676. The number of nitrogens with zero attached hydrogens (tertiary/aromatic N) is 1. The van der Waals surface area contributed by atoms with Crippen molar-refractivity contribution in [3.63, 3.8) is 0 Å². The third-order valence-electron chi connectivity index (χ3n) is 3.42. The van der Waals surface area contributed by atoms with Crippen molar-refractivity contribution in [1.29, 1.82) is 0 Å². The van der Waals surface area contributed by atoms with E-state index in [9.17, 15) is 0 Å². The highest BCUT2D eigenvalue weighted by atomic mass is 16.5. The lowest BCUT2D eigenvalue weighted by molar-refractivity contribution is 0.0797. The second-order valence-corrected chi connectivity index (χ2v) is 5.22. The average Bonchev–Trinajstić information content (AvgIpc) is 2.47. The van der Waals surface area contributed by atoms with Crippen LogP contribution >= 0.6 is 0 Å². The first-order valence-electron chi connectivity index (χ1n) is 6.10. The van der Waals surface area contributed by atoms with Gasteiger partial charge in [-0.1, -0.05) is 13.8 Å². The second kappa shape index (κ2) is 5.83. The average molecular weight is 214 g/mol. The molecule has 1 fully saturated rings. The van der Waals surface area contributed by atoms with Crippen LogP contribution in [0.25, 0.3) is 0 Å². The van der Waals surface area contributed by atoms with E-state index in [2.05, 4.69) is 25.7 Å². The molecule has 90 valence electrons. The Morgan fingerprint density at radius 3 is 2.80 bits per heavy atom. The van der Waals surface area contributed by atoms with E-state index in [1.807, 2.05) is 0 Å². The Bertz CT molecular complexity index is 182. The Morgan fingerprint density at radius 1 is 1.47 bits per heavy atom. The Kier molecular flexibility index (Phi) is 5.03. The summed E-state index contributed by atoms with van der Waals surface area (Å²) < 4.78 is 5.55. The van der Waals surface area contributed by atoms with Gasteiger partial charge in [-0.3, -0.25) is 0 Å². The summed E-state index contributed by atoms with van der Waals surface area (Å²) in [7, 11) is 0. The molecule has 1 saturated heterocycles. The number of hydrogen-bond acceptors (Lipinski definition) is 3. The van der Waals surface area contributed by atoms with Gasteiger partial charge >= 0.3 is 0 Å². The fourth-order valence-electron chi connectivity index (χ4n) is 2.35. The van der Waals surface area contributed by atoms with Crippen LogP contribution < -0.4 is 5.73 Å². The Labute approximate surface area is 94.0 Å². The maximum Gasteiger partial charge on any atom is 0.0511 e. The van der Waals surface area contributed by atoms with E-state index in [1.54, 1.807) is 0 Å². The Hall–Kier alpha value is -0.120. The smallest absolute Gasteiger partial charge is 0.0511 e. The largest absolute Gasteiger partial charge is 0.381 e. The van der Waals surface area contributed by atoms with Crippen molar-refractivity contribution in [2.24, 2.45) is 17.1 Å². The van der Waals surface area contributed by atoms with Crippen LogP contribution in [0.4, 0.5) is 0 Å². The first kappa shape index (κ1) is 12.9. The molecule has 0 unspecified atom stereocenters. The van der Waals surface area contributed by atoms with Gasteiger partial charge in [-0.2, -0.15) is 0 Å². The molecule has 3 heteroatoms. The van der Waals surface area contributed by atoms with Gasteiger partial charge in [-0.05, 0) is 31.8 Å². The maximum atomic E-state index is 5.55. The van der Waals surface area contributed by atoms with Crippen molar-refractivity contribution >= 4 is 0 Å². The van der Waals surface area contributed by atoms with Gasteiger partial charge in [0.15, 0.2) is 0 Å². The van der Waals surface area contributed by atoms with Crippen LogP contribution in [-0.2, 0) is 4.74 Å². The number of ether oxygens (including phenoxy) is 1. The van der Waals surface area contributed by atoms with Crippen molar-refractivity contribution in [2.45, 2.75) is 27.2 Å². The summed E-state index contributed by atoms with van der Waals surface area (Å²) >= 11 is 0. The van der Waals surface area contributed by atoms with Crippen molar-refractivity contribution in [1.82, 2.24) is 4.90 Å². The lowest BCUT2D eigenvalue weighted by Crippen LogP contribution is -2.26. The molecule has 0 bridgehead atoms. The van der Waals surface area contributed by atoms with Gasteiger partial charge in [-0.25, -0.2) is 0 Å². The molecule has 0 aromatic heterocycles. The van der Waals surface area contributed by atoms with Crippen LogP contribution in [0.3, 0.4) is 0 Å². The highest BCUT2D eigenvalue weighted by Crippen LogP contribution is 2.35. The molecule has 1 aliphatic heterocycles. The standard InChI is InChI=1S/C12H26N2O/c1-4-15-9-11-8-14(7-5-6-13)10-12(11,2)3/h11H,4-10,13H2,1-3H3/t11-/m0/s1. The molecule has 0 aromatic carbocycles. The van der Waals surface area contributed by atoms with Crippen LogP contribution in [-0.4, -0.2) is 44.3 Å². The lowest BCUT2D eigenvalue weighted by Gasteiger charge is -2.25. The van der Waals surface area contributed by atoms with Crippen LogP contribution in [0.2, 0.25) is 0 Å². The topological polar surface area (TPSA) is 38.5 Å². The van der Waals surface area contributed by atoms with E-state index in [4.69, 9.17) is 10.5 Å². The molecule has 0 aromatic rings. The van der Waals surface area contributed by atoms with Crippen molar-refractivity contribution < 1.29 is 4.74 Å². The third-order valence-corrected chi connectivity index (χ3v) is 3.42. The normalized spacial score (nSPS) is 26.0. The number of likely N-dealkylation sites (tertiary alicyclic amines) is 1. The first-order chi connectivity index (χ1) is 7.10. The Balaban J connectivity index is 2.37. The molecule has 1 aliphatic rings. The molecule has 0 saturated carbocycles. The van der Waals surface area contributed by atoms with Crippen molar-refractivity contribution in [2.75, 3.05) is 39.4 Å². The van der Waals surface area contributed by atoms with Crippen LogP contribution in [0.5, 0.6) is 0 Å². The van der Waals surface area contributed by atoms with Gasteiger partial charge < -0.3 is 15.4 Å². The molecule has 0 spiro atoms.